The molecule has 1 saturated heterocycles. The summed E-state index contributed by atoms with van der Waals surface area (Å²) in [5.41, 5.74) is 0.838. The molecule has 1 aliphatic heterocycles. The average Bonchev–Trinajstić information content (AvgIpc) is 2.97. The minimum atomic E-state index is -0.486. The van der Waals surface area contributed by atoms with Gasteiger partial charge < -0.3 is 9.47 Å². The quantitative estimate of drug-likeness (QED) is 0.556. The highest BCUT2D eigenvalue weighted by Gasteiger charge is 2.47. The Morgan fingerprint density at radius 2 is 2.21 bits per heavy atom. The first-order chi connectivity index (χ1) is 6.74. The number of hydrogen-bond donors (Lipinski definition) is 0. The highest BCUT2D eigenvalue weighted by atomic mass is 35.5. The van der Waals surface area contributed by atoms with Crippen LogP contribution in [0.2, 0.25) is 5.02 Å². The fourth-order valence-electron chi connectivity index (χ4n) is 1.35. The highest BCUT2D eigenvalue weighted by Crippen LogP contribution is 2.42. The monoisotopic (exact) mass is 212 g/mol. The Balaban J connectivity index is 2.13. The molecule has 1 aromatic carbocycles. The Hall–Kier alpha value is -1.06. The number of rotatable bonds is 2. The summed E-state index contributed by atoms with van der Waals surface area (Å²) in [6, 6.07) is 7.31. The van der Waals surface area contributed by atoms with Crippen LogP contribution in [0.15, 0.2) is 24.3 Å². The van der Waals surface area contributed by atoms with E-state index in [4.69, 9.17) is 16.3 Å². The van der Waals surface area contributed by atoms with E-state index in [0.29, 0.717) is 5.02 Å². The van der Waals surface area contributed by atoms with Crippen LogP contribution in [0.3, 0.4) is 0 Å². The lowest BCUT2D eigenvalue weighted by Crippen LogP contribution is -2.09. The summed E-state index contributed by atoms with van der Waals surface area (Å²) in [7, 11) is 1.34. The smallest absolute Gasteiger partial charge is 0.338 e. The molecule has 0 radical (unpaired) electrons. The number of methoxy groups -OCH3 is 1. The molecule has 14 heavy (non-hydrogen) atoms. The Bertz CT molecular complexity index is 364. The Morgan fingerprint density at radius 3 is 2.86 bits per heavy atom. The topological polar surface area (TPSA) is 38.8 Å². The summed E-state index contributed by atoms with van der Waals surface area (Å²) in [5, 5.41) is 0.615. The molecule has 3 nitrogen and oxygen atoms in total. The lowest BCUT2D eigenvalue weighted by molar-refractivity contribution is -0.142. The predicted molar refractivity (Wildman–Crippen MR) is 51.1 cm³/mol. The molecule has 0 aliphatic carbocycles. The highest BCUT2D eigenvalue weighted by molar-refractivity contribution is 6.31. The number of carbonyl (C=O) groups is 1. The van der Waals surface area contributed by atoms with Crippen molar-refractivity contribution in [2.75, 3.05) is 7.11 Å². The van der Waals surface area contributed by atoms with E-state index in [2.05, 4.69) is 4.74 Å². The summed E-state index contributed by atoms with van der Waals surface area (Å²) < 4.78 is 9.74. The number of halogens is 1. The first-order valence-electron chi connectivity index (χ1n) is 4.21. The molecule has 0 bridgehead atoms. The van der Waals surface area contributed by atoms with Crippen LogP contribution in [0.25, 0.3) is 0 Å². The maximum absolute atomic E-state index is 11.1. The molecule has 2 rings (SSSR count). The van der Waals surface area contributed by atoms with Crippen molar-refractivity contribution in [2.45, 2.75) is 12.2 Å². The largest absolute Gasteiger partial charge is 0.467 e. The van der Waals surface area contributed by atoms with Gasteiger partial charge in [0.25, 0.3) is 0 Å². The van der Waals surface area contributed by atoms with E-state index in [1.807, 2.05) is 18.2 Å². The number of esters is 1. The van der Waals surface area contributed by atoms with E-state index in [1.54, 1.807) is 6.07 Å². The van der Waals surface area contributed by atoms with Crippen LogP contribution < -0.4 is 0 Å². The van der Waals surface area contributed by atoms with E-state index >= 15 is 0 Å². The summed E-state index contributed by atoms with van der Waals surface area (Å²) in [4.78, 5) is 11.1. The van der Waals surface area contributed by atoms with Gasteiger partial charge >= 0.3 is 5.97 Å². The van der Waals surface area contributed by atoms with Crippen molar-refractivity contribution in [1.29, 1.82) is 0 Å². The second-order valence-corrected chi connectivity index (χ2v) is 3.43. The zero-order chi connectivity index (χ0) is 10.1. The van der Waals surface area contributed by atoms with Gasteiger partial charge in [0, 0.05) is 10.6 Å². The van der Waals surface area contributed by atoms with Crippen molar-refractivity contribution in [3.05, 3.63) is 34.9 Å². The first-order valence-corrected chi connectivity index (χ1v) is 4.59. The maximum atomic E-state index is 11.1. The van der Waals surface area contributed by atoms with Gasteiger partial charge in [-0.15, -0.1) is 0 Å². The summed E-state index contributed by atoms with van der Waals surface area (Å²) in [6.07, 6.45) is -0.726. The average molecular weight is 213 g/mol. The van der Waals surface area contributed by atoms with E-state index in [1.165, 1.54) is 7.11 Å². The van der Waals surface area contributed by atoms with Crippen LogP contribution in [-0.2, 0) is 14.3 Å². The number of ether oxygens (including phenoxy) is 2. The van der Waals surface area contributed by atoms with E-state index in [0.717, 1.165) is 5.56 Å². The van der Waals surface area contributed by atoms with Crippen molar-refractivity contribution in [1.82, 2.24) is 0 Å². The van der Waals surface area contributed by atoms with Crippen LogP contribution >= 0.6 is 11.6 Å². The zero-order valence-corrected chi connectivity index (χ0v) is 8.32. The van der Waals surface area contributed by atoms with Gasteiger partial charge in [0.15, 0.2) is 6.10 Å². The molecule has 2 atom stereocenters. The molecule has 0 spiro atoms. The Labute approximate surface area is 86.6 Å². The van der Waals surface area contributed by atoms with Gasteiger partial charge in [-0.05, 0) is 6.07 Å². The summed E-state index contributed by atoms with van der Waals surface area (Å²) >= 11 is 5.94. The Kier molecular flexibility index (Phi) is 2.44. The van der Waals surface area contributed by atoms with Gasteiger partial charge in [-0.2, -0.15) is 0 Å². The van der Waals surface area contributed by atoms with Gasteiger partial charge in [0.1, 0.15) is 6.10 Å². The van der Waals surface area contributed by atoms with E-state index in [-0.39, 0.29) is 12.1 Å². The number of benzene rings is 1. The minimum Gasteiger partial charge on any atom is -0.467 e. The van der Waals surface area contributed by atoms with Crippen LogP contribution in [0.1, 0.15) is 11.7 Å². The lowest BCUT2D eigenvalue weighted by Gasteiger charge is -1.98. The van der Waals surface area contributed by atoms with E-state index in [9.17, 15) is 4.79 Å². The van der Waals surface area contributed by atoms with Gasteiger partial charge in [-0.3, -0.25) is 0 Å². The first kappa shape index (κ1) is 9.49. The van der Waals surface area contributed by atoms with Gasteiger partial charge in [0.05, 0.1) is 7.11 Å². The standard InChI is InChI=1S/C10H9ClO3/c1-13-10(12)9-8(14-9)6-4-2-3-5-7(6)11/h2-5,8-9H,1H3/t8-,9-/m0/s1. The molecule has 1 aliphatic rings. The van der Waals surface area contributed by atoms with Crippen LogP contribution in [0.5, 0.6) is 0 Å². The van der Waals surface area contributed by atoms with Gasteiger partial charge in [-0.1, -0.05) is 29.8 Å². The summed E-state index contributed by atoms with van der Waals surface area (Å²) in [5.74, 6) is -0.352. The second-order valence-electron chi connectivity index (χ2n) is 3.02. The fourth-order valence-corrected chi connectivity index (χ4v) is 1.59. The number of epoxide rings is 1. The molecule has 0 aromatic heterocycles. The zero-order valence-electron chi connectivity index (χ0n) is 7.57. The molecular weight excluding hydrogens is 204 g/mol. The van der Waals surface area contributed by atoms with Gasteiger partial charge in [0.2, 0.25) is 0 Å². The fraction of sp³-hybridized carbons (Fsp3) is 0.300. The molecule has 1 aromatic rings. The van der Waals surface area contributed by atoms with Crippen LogP contribution in [0, 0.1) is 0 Å². The number of hydrogen-bond acceptors (Lipinski definition) is 3. The molecular formula is C10H9ClO3. The lowest BCUT2D eigenvalue weighted by atomic mass is 10.1. The van der Waals surface area contributed by atoms with Crippen molar-refractivity contribution in [3.63, 3.8) is 0 Å². The third-order valence-electron chi connectivity index (χ3n) is 2.14. The second kappa shape index (κ2) is 3.59. The molecule has 0 saturated carbocycles. The van der Waals surface area contributed by atoms with Crippen LogP contribution in [0.4, 0.5) is 0 Å². The third-order valence-corrected chi connectivity index (χ3v) is 2.48. The van der Waals surface area contributed by atoms with Crippen molar-refractivity contribution in [3.8, 4) is 0 Å². The molecule has 0 amide bonds. The van der Waals surface area contributed by atoms with Crippen molar-refractivity contribution < 1.29 is 14.3 Å². The normalized spacial score (nSPS) is 24.4. The van der Waals surface area contributed by atoms with Crippen LogP contribution in [-0.4, -0.2) is 19.2 Å². The molecule has 4 heteroatoms. The molecule has 1 fully saturated rings. The SMILES string of the molecule is COC(=O)[C@H]1O[C@H]1c1ccccc1Cl. The molecule has 0 N–H and O–H groups in total. The molecule has 74 valence electrons. The Morgan fingerprint density at radius 1 is 1.50 bits per heavy atom. The number of carbonyl (C=O) groups excluding carboxylic acids is 1. The predicted octanol–water partition coefficient (Wildman–Crippen LogP) is 1.95. The van der Waals surface area contributed by atoms with Crippen molar-refractivity contribution in [2.24, 2.45) is 0 Å². The molecule has 0 unspecified atom stereocenters. The summed E-state index contributed by atoms with van der Waals surface area (Å²) in [6.45, 7) is 0. The van der Waals surface area contributed by atoms with Gasteiger partial charge in [-0.25, -0.2) is 4.79 Å². The van der Waals surface area contributed by atoms with Crippen molar-refractivity contribution >= 4 is 17.6 Å². The van der Waals surface area contributed by atoms with E-state index < -0.39 is 6.10 Å². The third kappa shape index (κ3) is 1.61. The maximum Gasteiger partial charge on any atom is 0.338 e. The molecule has 1 heterocycles. The minimum absolute atomic E-state index is 0.240.